The van der Waals surface area contributed by atoms with Gasteiger partial charge in [0.1, 0.15) is 0 Å². The van der Waals surface area contributed by atoms with Crippen LogP contribution in [0.15, 0.2) is 30.2 Å². The first-order valence-corrected chi connectivity index (χ1v) is 10.3. The van der Waals surface area contributed by atoms with Gasteiger partial charge in [0, 0.05) is 44.8 Å². The van der Waals surface area contributed by atoms with Crippen molar-refractivity contribution in [2.45, 2.75) is 37.8 Å². The number of carbonyl (C=O) groups is 1. The first-order chi connectivity index (χ1) is 14.6. The summed E-state index contributed by atoms with van der Waals surface area (Å²) in [5.41, 5.74) is 2.53. The van der Waals surface area contributed by atoms with Gasteiger partial charge >= 0.3 is 6.03 Å². The van der Waals surface area contributed by atoms with Crippen LogP contribution in [0.25, 0.3) is 5.57 Å². The van der Waals surface area contributed by atoms with Gasteiger partial charge in [-0.25, -0.2) is 14.8 Å². The Morgan fingerprint density at radius 3 is 2.97 bits per heavy atom. The Morgan fingerprint density at radius 1 is 1.40 bits per heavy atom. The Balaban J connectivity index is 1.50. The second kappa shape index (κ2) is 8.53. The van der Waals surface area contributed by atoms with E-state index in [0.29, 0.717) is 24.7 Å². The molecule has 0 saturated carbocycles. The van der Waals surface area contributed by atoms with Crippen molar-refractivity contribution >= 4 is 23.8 Å². The molecule has 3 atom stereocenters. The number of allylic oxidation sites excluding steroid dienone is 1. The maximum absolute atomic E-state index is 13.1. The fraction of sp³-hybridized carbons (Fsp3) is 0.476. The zero-order valence-electron chi connectivity index (χ0n) is 17.0. The quantitative estimate of drug-likeness (QED) is 0.645. The zero-order valence-corrected chi connectivity index (χ0v) is 17.0. The van der Waals surface area contributed by atoms with Gasteiger partial charge in [-0.2, -0.15) is 5.26 Å². The first kappa shape index (κ1) is 19.9. The van der Waals surface area contributed by atoms with E-state index in [1.165, 1.54) is 6.21 Å². The van der Waals surface area contributed by atoms with Crippen LogP contribution >= 0.6 is 0 Å². The van der Waals surface area contributed by atoms with Gasteiger partial charge in [-0.15, -0.1) is 0 Å². The van der Waals surface area contributed by atoms with Crippen molar-refractivity contribution < 1.29 is 4.79 Å². The van der Waals surface area contributed by atoms with Crippen molar-refractivity contribution in [1.82, 2.24) is 25.1 Å². The Bertz CT molecular complexity index is 933. The number of nitrogens with one attached hydrogen (secondary N) is 3. The molecule has 3 N–H and O–H groups in total. The van der Waals surface area contributed by atoms with E-state index >= 15 is 0 Å². The van der Waals surface area contributed by atoms with E-state index in [-0.39, 0.29) is 24.0 Å². The molecule has 9 heteroatoms. The minimum absolute atomic E-state index is 0.0442. The maximum Gasteiger partial charge on any atom is 0.320 e. The molecule has 30 heavy (non-hydrogen) atoms. The number of hydrogen-bond donors (Lipinski definition) is 3. The van der Waals surface area contributed by atoms with Crippen molar-refractivity contribution in [1.29, 1.82) is 10.7 Å². The Kier molecular flexibility index (Phi) is 5.65. The van der Waals surface area contributed by atoms with Gasteiger partial charge < -0.3 is 25.8 Å². The van der Waals surface area contributed by atoms with Crippen LogP contribution in [0.3, 0.4) is 0 Å². The number of aromatic nitrogens is 2. The van der Waals surface area contributed by atoms with Crippen LogP contribution in [-0.2, 0) is 0 Å². The molecule has 2 bridgehead atoms. The summed E-state index contributed by atoms with van der Waals surface area (Å²) in [5, 5.41) is 22.5. The molecule has 2 amide bonds. The van der Waals surface area contributed by atoms with Crippen molar-refractivity contribution in [3.05, 3.63) is 35.9 Å². The summed E-state index contributed by atoms with van der Waals surface area (Å²) in [6.45, 7) is 1.21. The highest BCUT2D eigenvalue weighted by atomic mass is 16.2. The number of nitriles is 1. The van der Waals surface area contributed by atoms with Crippen LogP contribution < -0.4 is 10.6 Å². The molecule has 156 valence electrons. The molecule has 3 unspecified atom stereocenters. The molecule has 1 aromatic rings. The third-order valence-corrected chi connectivity index (χ3v) is 5.95. The smallest absolute Gasteiger partial charge is 0.320 e. The van der Waals surface area contributed by atoms with Gasteiger partial charge in [-0.3, -0.25) is 0 Å². The number of carbonyl (C=O) groups excluding carboxylic acids is 1. The lowest BCUT2D eigenvalue weighted by Gasteiger charge is -2.36. The summed E-state index contributed by atoms with van der Waals surface area (Å²) in [4.78, 5) is 25.8. The van der Waals surface area contributed by atoms with E-state index in [1.54, 1.807) is 19.4 Å². The van der Waals surface area contributed by atoms with E-state index < -0.39 is 0 Å². The number of fused-ring (bicyclic) bond motifs is 2. The van der Waals surface area contributed by atoms with Crippen LogP contribution in [0, 0.1) is 22.7 Å². The van der Waals surface area contributed by atoms with E-state index in [0.717, 1.165) is 37.0 Å². The number of nitrogens with zero attached hydrogens (tertiary/aromatic N) is 5. The largest absolute Gasteiger partial charge is 0.392 e. The second-order valence-electron chi connectivity index (χ2n) is 7.87. The number of hydrogen-bond acceptors (Lipinski definition) is 7. The van der Waals surface area contributed by atoms with Gasteiger partial charge in [0.05, 0.1) is 29.4 Å². The lowest BCUT2D eigenvalue weighted by molar-refractivity contribution is 0.145. The molecule has 0 spiro atoms. The van der Waals surface area contributed by atoms with Gasteiger partial charge in [-0.05, 0) is 37.3 Å². The molecule has 0 aliphatic carbocycles. The molecule has 2 fully saturated rings. The van der Waals surface area contributed by atoms with E-state index in [1.807, 2.05) is 15.9 Å². The molecule has 0 radical (unpaired) electrons. The molecule has 4 heterocycles. The van der Waals surface area contributed by atoms with Crippen molar-refractivity contribution in [2.24, 2.45) is 5.92 Å². The van der Waals surface area contributed by atoms with Crippen molar-refractivity contribution in [2.75, 3.05) is 25.5 Å². The SMILES string of the molecule is CN/C=C(\C=N)Nc1nccc(C2=CC3CCC(C2)N3C(=O)N2CCC(C#N)C2)n1. The highest BCUT2D eigenvalue weighted by Crippen LogP contribution is 2.39. The van der Waals surface area contributed by atoms with Crippen LogP contribution in [0.5, 0.6) is 0 Å². The molecule has 3 aliphatic heterocycles. The van der Waals surface area contributed by atoms with Crippen LogP contribution in [0.4, 0.5) is 10.7 Å². The molecule has 9 nitrogen and oxygen atoms in total. The summed E-state index contributed by atoms with van der Waals surface area (Å²) in [5.74, 6) is 0.390. The molecule has 0 aromatic carbocycles. The van der Waals surface area contributed by atoms with E-state index in [2.05, 4.69) is 32.7 Å². The molecule has 2 saturated heterocycles. The monoisotopic (exact) mass is 406 g/mol. The fourth-order valence-corrected chi connectivity index (χ4v) is 4.52. The molecular weight excluding hydrogens is 380 g/mol. The number of likely N-dealkylation sites (tertiary alicyclic amines) is 1. The van der Waals surface area contributed by atoms with Gasteiger partial charge in [0.2, 0.25) is 5.95 Å². The van der Waals surface area contributed by atoms with Gasteiger partial charge in [0.15, 0.2) is 0 Å². The lowest BCUT2D eigenvalue weighted by atomic mass is 9.98. The zero-order chi connectivity index (χ0) is 21.1. The second-order valence-corrected chi connectivity index (χ2v) is 7.87. The molecule has 1 aromatic heterocycles. The standard InChI is InChI=1S/C21H26N8O/c1-24-12-16(11-23)26-20-25-6-4-19(27-20)15-8-17-2-3-18(9-15)29(17)21(30)28-7-5-14(10-22)13-28/h4,6,8,11-12,14,17-18,23-24H,2-3,5,7,9,13H2,1H3,(H,25,26,27)/b16-12+,23-11?. The average Bonchev–Trinajstić information content (AvgIpc) is 3.35. The van der Waals surface area contributed by atoms with Crippen molar-refractivity contribution in [3.8, 4) is 6.07 Å². The Labute approximate surface area is 176 Å². The number of urea groups is 1. The first-order valence-electron chi connectivity index (χ1n) is 10.3. The average molecular weight is 406 g/mol. The molecule has 4 rings (SSSR count). The lowest BCUT2D eigenvalue weighted by Crippen LogP contribution is -2.49. The third kappa shape index (κ3) is 3.85. The minimum Gasteiger partial charge on any atom is -0.392 e. The number of amides is 2. The van der Waals surface area contributed by atoms with Crippen molar-refractivity contribution in [3.63, 3.8) is 0 Å². The fourth-order valence-electron chi connectivity index (χ4n) is 4.52. The number of anilines is 1. The Hall–Kier alpha value is -3.41. The predicted molar refractivity (Wildman–Crippen MR) is 114 cm³/mol. The summed E-state index contributed by atoms with van der Waals surface area (Å²) >= 11 is 0. The van der Waals surface area contributed by atoms with Gasteiger partial charge in [0.25, 0.3) is 0 Å². The number of rotatable bonds is 5. The van der Waals surface area contributed by atoms with Crippen LogP contribution in [0.1, 0.15) is 31.4 Å². The van der Waals surface area contributed by atoms with Crippen LogP contribution in [-0.4, -0.2) is 64.2 Å². The van der Waals surface area contributed by atoms with Gasteiger partial charge in [-0.1, -0.05) is 6.08 Å². The summed E-state index contributed by atoms with van der Waals surface area (Å²) in [6, 6.07) is 4.47. The minimum atomic E-state index is -0.0442. The topological polar surface area (TPSA) is 121 Å². The summed E-state index contributed by atoms with van der Waals surface area (Å²) in [6.07, 6.45) is 10.2. The molecule has 3 aliphatic rings. The van der Waals surface area contributed by atoms with E-state index in [4.69, 9.17) is 10.7 Å². The highest BCUT2D eigenvalue weighted by Gasteiger charge is 2.42. The predicted octanol–water partition coefficient (Wildman–Crippen LogP) is 2.18. The van der Waals surface area contributed by atoms with Crippen LogP contribution in [0.2, 0.25) is 0 Å². The highest BCUT2D eigenvalue weighted by molar-refractivity contribution is 5.80. The summed E-state index contributed by atoms with van der Waals surface area (Å²) < 4.78 is 0. The maximum atomic E-state index is 13.1. The summed E-state index contributed by atoms with van der Waals surface area (Å²) in [7, 11) is 1.76. The third-order valence-electron chi connectivity index (χ3n) is 5.95. The normalized spacial score (nSPS) is 25.5. The Morgan fingerprint density at radius 2 is 2.27 bits per heavy atom. The van der Waals surface area contributed by atoms with E-state index in [9.17, 15) is 4.79 Å². The molecular formula is C21H26N8O.